The van der Waals surface area contributed by atoms with E-state index < -0.39 is 6.04 Å². The summed E-state index contributed by atoms with van der Waals surface area (Å²) in [6.45, 7) is 5.09. The van der Waals surface area contributed by atoms with E-state index in [-0.39, 0.29) is 17.8 Å². The minimum Gasteiger partial charge on any atom is -0.344 e. The number of para-hydroxylation sites is 1. The van der Waals surface area contributed by atoms with Gasteiger partial charge in [-0.05, 0) is 34.9 Å². The van der Waals surface area contributed by atoms with Crippen LogP contribution in [-0.2, 0) is 16.0 Å². The van der Waals surface area contributed by atoms with Gasteiger partial charge in [-0.3, -0.25) is 9.59 Å². The Morgan fingerprint density at radius 3 is 2.24 bits per heavy atom. The Balaban J connectivity index is 1.41. The van der Waals surface area contributed by atoms with Gasteiger partial charge in [0.05, 0.1) is 0 Å². The summed E-state index contributed by atoms with van der Waals surface area (Å²) in [7, 11) is 0. The van der Waals surface area contributed by atoms with Crippen LogP contribution in [0.15, 0.2) is 66.7 Å². The second-order valence-electron chi connectivity index (χ2n) is 8.65. The van der Waals surface area contributed by atoms with E-state index in [1.165, 1.54) is 6.92 Å². The lowest BCUT2D eigenvalue weighted by Gasteiger charge is -2.36. The summed E-state index contributed by atoms with van der Waals surface area (Å²) in [4.78, 5) is 41.4. The third kappa shape index (κ3) is 5.36. The molecule has 0 aliphatic carbocycles. The van der Waals surface area contributed by atoms with E-state index in [0.29, 0.717) is 32.6 Å². The molecule has 0 saturated carbocycles. The third-order valence-electron chi connectivity index (χ3n) is 6.24. The Morgan fingerprint density at radius 2 is 1.50 bits per heavy atom. The van der Waals surface area contributed by atoms with Gasteiger partial charge in [-0.15, -0.1) is 0 Å². The molecule has 1 fully saturated rings. The Morgan fingerprint density at radius 1 is 0.853 bits per heavy atom. The van der Waals surface area contributed by atoms with Gasteiger partial charge in [0.1, 0.15) is 6.04 Å². The molecule has 0 unspecified atom stereocenters. The summed E-state index contributed by atoms with van der Waals surface area (Å²) >= 11 is 0. The van der Waals surface area contributed by atoms with Crippen LogP contribution in [0.5, 0.6) is 0 Å². The molecule has 3 aromatic rings. The van der Waals surface area contributed by atoms with Gasteiger partial charge in [-0.2, -0.15) is 0 Å². The first-order valence-corrected chi connectivity index (χ1v) is 11.6. The van der Waals surface area contributed by atoms with E-state index in [4.69, 9.17) is 0 Å². The van der Waals surface area contributed by atoms with Crippen molar-refractivity contribution in [1.29, 1.82) is 0 Å². The number of anilines is 1. The third-order valence-corrected chi connectivity index (χ3v) is 6.24. The van der Waals surface area contributed by atoms with Gasteiger partial charge in [0.15, 0.2) is 0 Å². The molecule has 0 spiro atoms. The van der Waals surface area contributed by atoms with E-state index in [9.17, 15) is 14.4 Å². The number of fused-ring (bicyclic) bond motifs is 1. The van der Waals surface area contributed by atoms with Crippen LogP contribution in [0.2, 0.25) is 0 Å². The van der Waals surface area contributed by atoms with Crippen LogP contribution in [0, 0.1) is 6.92 Å². The van der Waals surface area contributed by atoms with Crippen molar-refractivity contribution in [2.45, 2.75) is 26.3 Å². The highest BCUT2D eigenvalue weighted by molar-refractivity contribution is 5.91. The van der Waals surface area contributed by atoms with Crippen LogP contribution in [-0.4, -0.2) is 59.9 Å². The molecule has 176 valence electrons. The fraction of sp³-hybridized carbons (Fsp3) is 0.296. The summed E-state index contributed by atoms with van der Waals surface area (Å²) in [6.07, 6.45) is 0.410. The molecule has 7 heteroatoms. The van der Waals surface area contributed by atoms with E-state index >= 15 is 0 Å². The number of amides is 4. The minimum absolute atomic E-state index is 0.123. The van der Waals surface area contributed by atoms with Gasteiger partial charge in [0.25, 0.3) is 0 Å². The van der Waals surface area contributed by atoms with Crippen molar-refractivity contribution < 1.29 is 14.4 Å². The molecule has 2 N–H and O–H groups in total. The van der Waals surface area contributed by atoms with Crippen LogP contribution in [0.25, 0.3) is 10.8 Å². The predicted molar refractivity (Wildman–Crippen MR) is 134 cm³/mol. The maximum Gasteiger partial charge on any atom is 0.321 e. The van der Waals surface area contributed by atoms with Gasteiger partial charge in [0.2, 0.25) is 11.8 Å². The first-order chi connectivity index (χ1) is 16.4. The molecule has 1 atom stereocenters. The fourth-order valence-electron chi connectivity index (χ4n) is 4.39. The zero-order valence-corrected chi connectivity index (χ0v) is 19.6. The Labute approximate surface area is 199 Å². The fourth-order valence-corrected chi connectivity index (χ4v) is 4.39. The summed E-state index contributed by atoms with van der Waals surface area (Å²) < 4.78 is 0. The molecule has 1 saturated heterocycles. The first kappa shape index (κ1) is 23.3. The van der Waals surface area contributed by atoms with Crippen LogP contribution in [0.1, 0.15) is 18.1 Å². The van der Waals surface area contributed by atoms with Crippen molar-refractivity contribution in [1.82, 2.24) is 15.1 Å². The molecule has 0 radical (unpaired) electrons. The molecule has 4 amide bonds. The SMILES string of the molecule is CC(=O)N[C@H](Cc1cccc2ccccc12)C(=O)N1CCN(C(=O)Nc2ccccc2C)CC1. The quantitative estimate of drug-likeness (QED) is 0.613. The Hall–Kier alpha value is -3.87. The number of hydrogen-bond acceptors (Lipinski definition) is 3. The molecule has 1 aliphatic heterocycles. The van der Waals surface area contributed by atoms with Gasteiger partial charge < -0.3 is 20.4 Å². The highest BCUT2D eigenvalue weighted by atomic mass is 16.2. The van der Waals surface area contributed by atoms with E-state index in [1.807, 2.05) is 73.7 Å². The van der Waals surface area contributed by atoms with Crippen molar-refractivity contribution in [3.05, 3.63) is 77.9 Å². The molecule has 34 heavy (non-hydrogen) atoms. The largest absolute Gasteiger partial charge is 0.344 e. The molecular weight excluding hydrogens is 428 g/mol. The van der Waals surface area contributed by atoms with E-state index in [1.54, 1.807) is 9.80 Å². The lowest BCUT2D eigenvalue weighted by atomic mass is 9.98. The van der Waals surface area contributed by atoms with Crippen LogP contribution in [0.4, 0.5) is 10.5 Å². The number of nitrogens with zero attached hydrogens (tertiary/aromatic N) is 2. The predicted octanol–water partition coefficient (Wildman–Crippen LogP) is 3.57. The summed E-state index contributed by atoms with van der Waals surface area (Å²) in [5.74, 6) is -0.364. The number of rotatable bonds is 5. The number of benzene rings is 3. The number of piperazine rings is 1. The zero-order chi connectivity index (χ0) is 24.1. The van der Waals surface area contributed by atoms with Gasteiger partial charge >= 0.3 is 6.03 Å². The monoisotopic (exact) mass is 458 g/mol. The minimum atomic E-state index is -0.657. The molecule has 4 rings (SSSR count). The molecule has 0 aromatic heterocycles. The average molecular weight is 459 g/mol. The highest BCUT2D eigenvalue weighted by Gasteiger charge is 2.30. The highest BCUT2D eigenvalue weighted by Crippen LogP contribution is 2.21. The maximum atomic E-state index is 13.4. The summed E-state index contributed by atoms with van der Waals surface area (Å²) in [5, 5.41) is 7.96. The molecule has 0 bridgehead atoms. The van der Waals surface area contributed by atoms with Crippen molar-refractivity contribution in [2.75, 3.05) is 31.5 Å². The standard InChI is InChI=1S/C27H30N4O3/c1-19-8-3-6-13-24(19)29-27(34)31-16-14-30(15-17-31)26(33)25(28-20(2)32)18-22-11-7-10-21-9-4-5-12-23(21)22/h3-13,25H,14-18H2,1-2H3,(H,28,32)(H,29,34)/t25-/m1/s1. The maximum absolute atomic E-state index is 13.4. The van der Waals surface area contributed by atoms with Gasteiger partial charge in [0, 0.05) is 45.2 Å². The second-order valence-corrected chi connectivity index (χ2v) is 8.65. The first-order valence-electron chi connectivity index (χ1n) is 11.6. The van der Waals surface area contributed by atoms with E-state index in [0.717, 1.165) is 27.6 Å². The average Bonchev–Trinajstić information content (AvgIpc) is 2.84. The molecule has 3 aromatic carbocycles. The van der Waals surface area contributed by atoms with E-state index in [2.05, 4.69) is 10.6 Å². The molecule has 1 heterocycles. The number of aryl methyl sites for hydroxylation is 1. The Kier molecular flexibility index (Phi) is 7.11. The lowest BCUT2D eigenvalue weighted by molar-refractivity contribution is -0.137. The summed E-state index contributed by atoms with van der Waals surface area (Å²) in [6, 6.07) is 20.8. The van der Waals surface area contributed by atoms with Crippen molar-refractivity contribution in [3.63, 3.8) is 0 Å². The van der Waals surface area contributed by atoms with Gasteiger partial charge in [-0.1, -0.05) is 60.7 Å². The normalized spacial score (nSPS) is 14.5. The van der Waals surface area contributed by atoms with Crippen molar-refractivity contribution >= 4 is 34.3 Å². The van der Waals surface area contributed by atoms with Crippen molar-refractivity contribution in [2.24, 2.45) is 0 Å². The zero-order valence-electron chi connectivity index (χ0n) is 19.6. The van der Waals surface area contributed by atoms with Crippen LogP contribution < -0.4 is 10.6 Å². The molecular formula is C27H30N4O3. The summed E-state index contributed by atoms with van der Waals surface area (Å²) in [5.41, 5.74) is 2.80. The molecule has 1 aliphatic rings. The topological polar surface area (TPSA) is 81.8 Å². The number of carbonyl (C=O) groups excluding carboxylic acids is 3. The lowest BCUT2D eigenvalue weighted by Crippen LogP contribution is -2.56. The van der Waals surface area contributed by atoms with Crippen LogP contribution >= 0.6 is 0 Å². The molecule has 7 nitrogen and oxygen atoms in total. The van der Waals surface area contributed by atoms with Gasteiger partial charge in [-0.25, -0.2) is 4.79 Å². The number of urea groups is 1. The smallest absolute Gasteiger partial charge is 0.321 e. The second kappa shape index (κ2) is 10.4. The number of nitrogens with one attached hydrogen (secondary N) is 2. The van der Waals surface area contributed by atoms with Crippen LogP contribution in [0.3, 0.4) is 0 Å². The number of hydrogen-bond donors (Lipinski definition) is 2. The van der Waals surface area contributed by atoms with Crippen molar-refractivity contribution in [3.8, 4) is 0 Å². The Bertz CT molecular complexity index is 1200. The number of carbonyl (C=O) groups is 3.